The highest BCUT2D eigenvalue weighted by molar-refractivity contribution is 6.03. The highest BCUT2D eigenvalue weighted by Crippen LogP contribution is 2.02. The Kier molecular flexibility index (Phi) is 2.82. The zero-order valence-electron chi connectivity index (χ0n) is 6.94. The molecule has 12 heavy (non-hydrogen) atoms. The van der Waals surface area contributed by atoms with E-state index in [4.69, 9.17) is 10.9 Å². The predicted octanol–water partition coefficient (Wildman–Crippen LogP) is 1.21. The summed E-state index contributed by atoms with van der Waals surface area (Å²) in [5.41, 5.74) is 6.95. The lowest BCUT2D eigenvalue weighted by atomic mass is 10.1. The number of oxime groups is 1. The van der Waals surface area contributed by atoms with Crippen molar-refractivity contribution < 1.29 is 5.21 Å². The molecule has 0 bridgehead atoms. The molecule has 0 aliphatic carbocycles. The molecule has 0 aromatic heterocycles. The molecule has 0 spiro atoms. The Morgan fingerprint density at radius 1 is 1.42 bits per heavy atom. The molecule has 1 unspecified atom stereocenters. The van der Waals surface area contributed by atoms with E-state index in [1.54, 1.807) is 6.92 Å². The van der Waals surface area contributed by atoms with Gasteiger partial charge >= 0.3 is 0 Å². The normalized spacial score (nSPS) is 14.3. The van der Waals surface area contributed by atoms with Gasteiger partial charge in [0.1, 0.15) is 5.71 Å². The summed E-state index contributed by atoms with van der Waals surface area (Å²) in [4.78, 5) is 0. The third-order valence-electron chi connectivity index (χ3n) is 1.61. The van der Waals surface area contributed by atoms with Crippen LogP contribution in [-0.2, 0) is 0 Å². The predicted molar refractivity (Wildman–Crippen MR) is 48.4 cm³/mol. The zero-order valence-corrected chi connectivity index (χ0v) is 6.94. The first-order valence-electron chi connectivity index (χ1n) is 3.78. The Morgan fingerprint density at radius 2 is 2.00 bits per heavy atom. The molecular weight excluding hydrogens is 152 g/mol. The maximum atomic E-state index is 8.66. The first kappa shape index (κ1) is 8.74. The second-order valence-electron chi connectivity index (χ2n) is 2.64. The van der Waals surface area contributed by atoms with Crippen LogP contribution in [0.2, 0.25) is 0 Å². The molecule has 3 nitrogen and oxygen atoms in total. The van der Waals surface area contributed by atoms with Gasteiger partial charge in [-0.25, -0.2) is 0 Å². The van der Waals surface area contributed by atoms with E-state index < -0.39 is 0 Å². The third-order valence-corrected chi connectivity index (χ3v) is 1.61. The SMILES string of the molecule is CC(N)C(=NO)c1ccccc1. The van der Waals surface area contributed by atoms with Crippen LogP contribution in [0.1, 0.15) is 12.5 Å². The van der Waals surface area contributed by atoms with Crippen LogP contribution < -0.4 is 5.73 Å². The van der Waals surface area contributed by atoms with Gasteiger partial charge in [0.05, 0.1) is 0 Å². The molecule has 3 heteroatoms. The molecule has 0 radical (unpaired) electrons. The van der Waals surface area contributed by atoms with Gasteiger partial charge in [0.25, 0.3) is 0 Å². The fourth-order valence-corrected chi connectivity index (χ4v) is 1.02. The van der Waals surface area contributed by atoms with E-state index in [2.05, 4.69) is 5.16 Å². The Balaban J connectivity index is 2.97. The van der Waals surface area contributed by atoms with Gasteiger partial charge in [-0.2, -0.15) is 0 Å². The molecule has 0 saturated heterocycles. The molecule has 64 valence electrons. The minimum absolute atomic E-state index is 0.252. The van der Waals surface area contributed by atoms with Gasteiger partial charge in [0, 0.05) is 11.6 Å². The summed E-state index contributed by atoms with van der Waals surface area (Å²) in [5, 5.41) is 11.8. The molecule has 0 saturated carbocycles. The Hall–Kier alpha value is -1.35. The second-order valence-corrected chi connectivity index (χ2v) is 2.64. The van der Waals surface area contributed by atoms with Crippen LogP contribution in [0.15, 0.2) is 35.5 Å². The van der Waals surface area contributed by atoms with Gasteiger partial charge in [0.15, 0.2) is 0 Å². The first-order valence-corrected chi connectivity index (χ1v) is 3.78. The molecule has 0 aliphatic heterocycles. The molecule has 3 N–H and O–H groups in total. The van der Waals surface area contributed by atoms with Crippen LogP contribution in [0, 0.1) is 0 Å². The van der Waals surface area contributed by atoms with Crippen molar-refractivity contribution in [1.82, 2.24) is 0 Å². The number of nitrogens with two attached hydrogens (primary N) is 1. The Bertz CT molecular complexity index is 267. The van der Waals surface area contributed by atoms with Crippen molar-refractivity contribution in [2.24, 2.45) is 10.9 Å². The van der Waals surface area contributed by atoms with Crippen LogP contribution in [0.4, 0.5) is 0 Å². The molecular formula is C9H12N2O. The van der Waals surface area contributed by atoms with Crippen LogP contribution in [-0.4, -0.2) is 17.0 Å². The van der Waals surface area contributed by atoms with Gasteiger partial charge in [-0.1, -0.05) is 35.5 Å². The summed E-state index contributed by atoms with van der Waals surface area (Å²) >= 11 is 0. The number of benzene rings is 1. The maximum absolute atomic E-state index is 8.66. The molecule has 0 fully saturated rings. The first-order chi connectivity index (χ1) is 5.75. The van der Waals surface area contributed by atoms with Crippen molar-refractivity contribution in [2.45, 2.75) is 13.0 Å². The number of rotatable bonds is 2. The van der Waals surface area contributed by atoms with Crippen molar-refractivity contribution in [2.75, 3.05) is 0 Å². The molecule has 1 rings (SSSR count). The molecule has 1 atom stereocenters. The zero-order chi connectivity index (χ0) is 8.97. The summed E-state index contributed by atoms with van der Waals surface area (Å²) in [7, 11) is 0. The topological polar surface area (TPSA) is 58.6 Å². The second kappa shape index (κ2) is 3.88. The van der Waals surface area contributed by atoms with Gasteiger partial charge in [-0.3, -0.25) is 0 Å². The van der Waals surface area contributed by atoms with Gasteiger partial charge in [-0.05, 0) is 6.92 Å². The van der Waals surface area contributed by atoms with E-state index in [1.165, 1.54) is 0 Å². The molecule has 0 amide bonds. The fourth-order valence-electron chi connectivity index (χ4n) is 1.02. The lowest BCUT2D eigenvalue weighted by molar-refractivity contribution is 0.317. The molecule has 1 aromatic rings. The average molecular weight is 164 g/mol. The Labute approximate surface area is 71.5 Å². The Morgan fingerprint density at radius 3 is 2.42 bits per heavy atom. The van der Waals surface area contributed by atoms with E-state index >= 15 is 0 Å². The smallest absolute Gasteiger partial charge is 0.103 e. The summed E-state index contributed by atoms with van der Waals surface area (Å²) in [6.45, 7) is 1.78. The van der Waals surface area contributed by atoms with Crippen LogP contribution in [0.25, 0.3) is 0 Å². The molecule has 0 aliphatic rings. The number of nitrogens with zero attached hydrogens (tertiary/aromatic N) is 1. The summed E-state index contributed by atoms with van der Waals surface area (Å²) in [6.07, 6.45) is 0. The standard InChI is InChI=1S/C9H12N2O/c1-7(10)9(11-12)8-5-3-2-4-6-8/h2-7,12H,10H2,1H3. The van der Waals surface area contributed by atoms with Crippen LogP contribution in [0.5, 0.6) is 0 Å². The van der Waals surface area contributed by atoms with Crippen molar-refractivity contribution in [1.29, 1.82) is 0 Å². The van der Waals surface area contributed by atoms with E-state index in [1.807, 2.05) is 30.3 Å². The highest BCUT2D eigenvalue weighted by Gasteiger charge is 2.07. The van der Waals surface area contributed by atoms with E-state index in [0.717, 1.165) is 5.56 Å². The summed E-state index contributed by atoms with van der Waals surface area (Å²) < 4.78 is 0. The van der Waals surface area contributed by atoms with E-state index in [9.17, 15) is 0 Å². The van der Waals surface area contributed by atoms with Crippen molar-refractivity contribution in [3.8, 4) is 0 Å². The van der Waals surface area contributed by atoms with Crippen LogP contribution in [0.3, 0.4) is 0 Å². The van der Waals surface area contributed by atoms with E-state index in [-0.39, 0.29) is 6.04 Å². The third kappa shape index (κ3) is 1.83. The quantitative estimate of drug-likeness (QED) is 0.392. The van der Waals surface area contributed by atoms with Gasteiger partial charge in [-0.15, -0.1) is 0 Å². The van der Waals surface area contributed by atoms with Crippen molar-refractivity contribution in [3.63, 3.8) is 0 Å². The largest absolute Gasteiger partial charge is 0.411 e. The fraction of sp³-hybridized carbons (Fsp3) is 0.222. The number of hydrogen-bond donors (Lipinski definition) is 2. The minimum Gasteiger partial charge on any atom is -0.411 e. The van der Waals surface area contributed by atoms with Gasteiger partial charge in [0.2, 0.25) is 0 Å². The molecule has 0 heterocycles. The van der Waals surface area contributed by atoms with Gasteiger partial charge < -0.3 is 10.9 Å². The van der Waals surface area contributed by atoms with Crippen LogP contribution >= 0.6 is 0 Å². The maximum Gasteiger partial charge on any atom is 0.103 e. The summed E-state index contributed by atoms with van der Waals surface area (Å²) in [5.74, 6) is 0. The molecule has 1 aromatic carbocycles. The monoisotopic (exact) mass is 164 g/mol. The lowest BCUT2D eigenvalue weighted by Crippen LogP contribution is -2.27. The van der Waals surface area contributed by atoms with Crippen molar-refractivity contribution >= 4 is 5.71 Å². The van der Waals surface area contributed by atoms with E-state index in [0.29, 0.717) is 5.71 Å². The minimum atomic E-state index is -0.252. The number of hydrogen-bond acceptors (Lipinski definition) is 3. The lowest BCUT2D eigenvalue weighted by Gasteiger charge is -2.06. The highest BCUT2D eigenvalue weighted by atomic mass is 16.4. The van der Waals surface area contributed by atoms with Crippen molar-refractivity contribution in [3.05, 3.63) is 35.9 Å². The average Bonchev–Trinajstić information content (AvgIpc) is 2.07. The summed E-state index contributed by atoms with van der Waals surface area (Å²) in [6, 6.07) is 9.12.